The number of ketones is 1. The van der Waals surface area contributed by atoms with Crippen molar-refractivity contribution < 1.29 is 4.79 Å². The largest absolute Gasteiger partial charge is 0.279 e. The van der Waals surface area contributed by atoms with Gasteiger partial charge in [-0.2, -0.15) is 0 Å². The zero-order chi connectivity index (χ0) is 15.2. The summed E-state index contributed by atoms with van der Waals surface area (Å²) in [4.78, 5) is 12.1. The zero-order valence-corrected chi connectivity index (χ0v) is 12.0. The average molecular weight is 282 g/mol. The highest BCUT2D eigenvalue weighted by atomic mass is 16.1. The van der Waals surface area contributed by atoms with Crippen molar-refractivity contribution in [1.29, 1.82) is 0 Å². The van der Waals surface area contributed by atoms with Crippen LogP contribution in [0.2, 0.25) is 0 Å². The van der Waals surface area contributed by atoms with Gasteiger partial charge in [-0.05, 0) is 41.3 Å². The van der Waals surface area contributed by atoms with Gasteiger partial charge in [-0.15, -0.1) is 0 Å². The van der Waals surface area contributed by atoms with Crippen LogP contribution in [0.1, 0.15) is 15.9 Å². The van der Waals surface area contributed by atoms with Crippen LogP contribution in [0.5, 0.6) is 0 Å². The predicted octanol–water partition coefficient (Wildman–Crippen LogP) is 4.59. The van der Waals surface area contributed by atoms with Crippen LogP contribution in [0.4, 0.5) is 0 Å². The highest BCUT2D eigenvalue weighted by Crippen LogP contribution is 2.19. The fraction of sp³-hybridized carbons (Fsp3) is 0. The van der Waals surface area contributed by atoms with E-state index in [-0.39, 0.29) is 5.78 Å². The molecule has 1 heteroatoms. The van der Waals surface area contributed by atoms with Gasteiger partial charge in [0.15, 0.2) is 0 Å². The predicted molar refractivity (Wildman–Crippen MR) is 89.5 cm³/mol. The number of rotatable bonds is 2. The van der Waals surface area contributed by atoms with Crippen molar-refractivity contribution in [3.8, 4) is 23.0 Å². The standard InChI is InChI=1S/C21H14O/c22-21(16-11-17-7-3-1-4-8-17)20-14-12-19(13-15-20)18-9-5-2-6-10-18/h1-10,12-15H. The van der Waals surface area contributed by atoms with Gasteiger partial charge in [-0.1, -0.05) is 66.6 Å². The molecule has 0 saturated carbocycles. The molecule has 0 aliphatic carbocycles. The van der Waals surface area contributed by atoms with Crippen molar-refractivity contribution >= 4 is 5.78 Å². The number of hydrogen-bond acceptors (Lipinski definition) is 1. The molecule has 0 unspecified atom stereocenters. The molecule has 0 amide bonds. The Morgan fingerprint density at radius 3 is 1.82 bits per heavy atom. The number of Topliss-reactive ketones (excluding diaryl/α,β-unsaturated/α-hetero) is 1. The van der Waals surface area contributed by atoms with Crippen molar-refractivity contribution in [3.05, 3.63) is 96.1 Å². The van der Waals surface area contributed by atoms with Crippen LogP contribution >= 0.6 is 0 Å². The number of hydrogen-bond donors (Lipinski definition) is 0. The van der Waals surface area contributed by atoms with Gasteiger partial charge in [-0.25, -0.2) is 0 Å². The first-order chi connectivity index (χ1) is 10.8. The minimum Gasteiger partial charge on any atom is -0.279 e. The first kappa shape index (κ1) is 13.9. The first-order valence-corrected chi connectivity index (χ1v) is 7.10. The molecule has 0 atom stereocenters. The molecule has 0 fully saturated rings. The fourth-order valence-corrected chi connectivity index (χ4v) is 2.17. The topological polar surface area (TPSA) is 17.1 Å². The van der Waals surface area contributed by atoms with Crippen LogP contribution in [0.3, 0.4) is 0 Å². The molecule has 0 heterocycles. The van der Waals surface area contributed by atoms with E-state index in [0.29, 0.717) is 5.56 Å². The van der Waals surface area contributed by atoms with Gasteiger partial charge in [0.2, 0.25) is 5.78 Å². The lowest BCUT2D eigenvalue weighted by atomic mass is 10.0. The van der Waals surface area contributed by atoms with Gasteiger partial charge < -0.3 is 0 Å². The van der Waals surface area contributed by atoms with E-state index in [1.54, 1.807) is 0 Å². The molecule has 1 nitrogen and oxygen atoms in total. The van der Waals surface area contributed by atoms with Crippen LogP contribution in [-0.2, 0) is 0 Å². The molecular formula is C21H14O. The Bertz CT molecular complexity index is 820. The third-order valence-corrected chi connectivity index (χ3v) is 3.35. The molecule has 0 bridgehead atoms. The van der Waals surface area contributed by atoms with Crippen molar-refractivity contribution in [2.45, 2.75) is 0 Å². The molecule has 0 saturated heterocycles. The molecule has 3 rings (SSSR count). The third kappa shape index (κ3) is 3.31. The molecular weight excluding hydrogens is 268 g/mol. The fourth-order valence-electron chi connectivity index (χ4n) is 2.17. The van der Waals surface area contributed by atoms with Gasteiger partial charge in [0, 0.05) is 11.1 Å². The molecule has 0 aliphatic heterocycles. The van der Waals surface area contributed by atoms with Crippen LogP contribution < -0.4 is 0 Å². The molecule has 0 aromatic heterocycles. The SMILES string of the molecule is O=C(C#Cc1ccccc1)c1ccc(-c2ccccc2)cc1. The first-order valence-electron chi connectivity index (χ1n) is 7.10. The van der Waals surface area contributed by atoms with E-state index in [1.807, 2.05) is 84.9 Å². The Balaban J connectivity index is 1.79. The van der Waals surface area contributed by atoms with Crippen molar-refractivity contribution in [1.82, 2.24) is 0 Å². The van der Waals surface area contributed by atoms with Crippen LogP contribution in [0, 0.1) is 11.8 Å². The summed E-state index contributed by atoms with van der Waals surface area (Å²) in [5.41, 5.74) is 3.69. The van der Waals surface area contributed by atoms with Crippen LogP contribution in [-0.4, -0.2) is 5.78 Å². The van der Waals surface area contributed by atoms with E-state index in [9.17, 15) is 4.79 Å². The van der Waals surface area contributed by atoms with Gasteiger partial charge >= 0.3 is 0 Å². The van der Waals surface area contributed by atoms with E-state index in [4.69, 9.17) is 0 Å². The Labute approximate surface area is 130 Å². The van der Waals surface area contributed by atoms with Gasteiger partial charge in [0.25, 0.3) is 0 Å². The summed E-state index contributed by atoms with van der Waals surface area (Å²) in [6, 6.07) is 27.1. The summed E-state index contributed by atoms with van der Waals surface area (Å²) >= 11 is 0. The van der Waals surface area contributed by atoms with Gasteiger partial charge in [0.05, 0.1) is 0 Å². The quantitative estimate of drug-likeness (QED) is 0.496. The van der Waals surface area contributed by atoms with E-state index >= 15 is 0 Å². The lowest BCUT2D eigenvalue weighted by Gasteiger charge is -2.01. The summed E-state index contributed by atoms with van der Waals surface area (Å²) in [6.45, 7) is 0. The van der Waals surface area contributed by atoms with Gasteiger partial charge in [0.1, 0.15) is 0 Å². The Morgan fingerprint density at radius 1 is 0.636 bits per heavy atom. The normalized spacial score (nSPS) is 9.64. The second kappa shape index (κ2) is 6.56. The smallest absolute Gasteiger partial charge is 0.236 e. The molecule has 0 aliphatic rings. The van der Waals surface area contributed by atoms with E-state index in [1.165, 1.54) is 0 Å². The summed E-state index contributed by atoms with van der Waals surface area (Å²) in [6.07, 6.45) is 0. The number of benzene rings is 3. The second-order valence-electron chi connectivity index (χ2n) is 4.89. The lowest BCUT2D eigenvalue weighted by molar-refractivity contribution is 0.105. The Hall–Kier alpha value is -3.11. The molecule has 3 aromatic rings. The minimum atomic E-state index is -0.163. The maximum absolute atomic E-state index is 12.1. The number of carbonyl (C=O) groups excluding carboxylic acids is 1. The lowest BCUT2D eigenvalue weighted by Crippen LogP contribution is -1.94. The van der Waals surface area contributed by atoms with Crippen molar-refractivity contribution in [2.24, 2.45) is 0 Å². The highest BCUT2D eigenvalue weighted by molar-refractivity contribution is 6.09. The molecule has 3 aromatic carbocycles. The summed E-state index contributed by atoms with van der Waals surface area (Å²) in [5.74, 6) is 5.41. The Kier molecular flexibility index (Phi) is 4.13. The molecule has 104 valence electrons. The maximum atomic E-state index is 12.1. The van der Waals surface area contributed by atoms with Gasteiger partial charge in [-0.3, -0.25) is 4.79 Å². The highest BCUT2D eigenvalue weighted by Gasteiger charge is 2.03. The average Bonchev–Trinajstić information content (AvgIpc) is 2.61. The molecule has 22 heavy (non-hydrogen) atoms. The zero-order valence-electron chi connectivity index (χ0n) is 12.0. The summed E-state index contributed by atoms with van der Waals surface area (Å²) < 4.78 is 0. The van der Waals surface area contributed by atoms with Crippen LogP contribution in [0.25, 0.3) is 11.1 Å². The van der Waals surface area contributed by atoms with E-state index in [0.717, 1.165) is 16.7 Å². The molecule has 0 radical (unpaired) electrons. The van der Waals surface area contributed by atoms with Crippen molar-refractivity contribution in [2.75, 3.05) is 0 Å². The summed E-state index contributed by atoms with van der Waals surface area (Å²) in [7, 11) is 0. The number of carbonyl (C=O) groups is 1. The monoisotopic (exact) mass is 282 g/mol. The maximum Gasteiger partial charge on any atom is 0.236 e. The van der Waals surface area contributed by atoms with Crippen molar-refractivity contribution in [3.63, 3.8) is 0 Å². The third-order valence-electron chi connectivity index (χ3n) is 3.35. The van der Waals surface area contributed by atoms with E-state index in [2.05, 4.69) is 11.8 Å². The minimum absolute atomic E-state index is 0.163. The Morgan fingerprint density at radius 2 is 1.18 bits per heavy atom. The molecule has 0 spiro atoms. The second-order valence-corrected chi connectivity index (χ2v) is 4.89. The van der Waals surface area contributed by atoms with E-state index < -0.39 is 0 Å². The van der Waals surface area contributed by atoms with Crippen LogP contribution in [0.15, 0.2) is 84.9 Å². The molecule has 0 N–H and O–H groups in total. The summed E-state index contributed by atoms with van der Waals surface area (Å²) in [5, 5.41) is 0.